The van der Waals surface area contributed by atoms with Gasteiger partial charge in [0.1, 0.15) is 12.4 Å². The van der Waals surface area contributed by atoms with Gasteiger partial charge in [0.25, 0.3) is 0 Å². The average molecular weight is 425 g/mol. The summed E-state index contributed by atoms with van der Waals surface area (Å²) in [7, 11) is 0. The highest BCUT2D eigenvalue weighted by atomic mass is 16.5. The number of furan rings is 1. The Morgan fingerprint density at radius 1 is 1.09 bits per heavy atom. The van der Waals surface area contributed by atoms with Crippen LogP contribution in [0.4, 0.5) is 0 Å². The van der Waals surface area contributed by atoms with Gasteiger partial charge in [0.2, 0.25) is 0 Å². The van der Waals surface area contributed by atoms with Crippen LogP contribution in [0.1, 0.15) is 35.6 Å². The van der Waals surface area contributed by atoms with Crippen LogP contribution >= 0.6 is 0 Å². The zero-order valence-electron chi connectivity index (χ0n) is 17.5. The fourth-order valence-electron chi connectivity index (χ4n) is 4.22. The molecule has 0 radical (unpaired) electrons. The molecule has 2 atom stereocenters. The first-order valence-corrected chi connectivity index (χ1v) is 10.7. The van der Waals surface area contributed by atoms with Crippen LogP contribution in [0.15, 0.2) is 77.6 Å². The predicted molar refractivity (Wildman–Crippen MR) is 121 cm³/mol. The maximum atomic E-state index is 9.94. The Hall–Kier alpha value is -3.59. The number of nitriles is 1. The van der Waals surface area contributed by atoms with E-state index in [0.717, 1.165) is 38.8 Å². The topological polar surface area (TPSA) is 75.6 Å². The molecule has 1 aliphatic heterocycles. The summed E-state index contributed by atoms with van der Waals surface area (Å²) in [5.74, 6) is 0.737. The van der Waals surface area contributed by atoms with E-state index in [1.54, 1.807) is 12.5 Å². The Kier molecular flexibility index (Phi) is 5.64. The Morgan fingerprint density at radius 3 is 2.84 bits per heavy atom. The predicted octanol–water partition coefficient (Wildman–Crippen LogP) is 5.76. The van der Waals surface area contributed by atoms with Crippen LogP contribution in [-0.2, 0) is 11.3 Å². The molecule has 0 amide bonds. The van der Waals surface area contributed by atoms with Gasteiger partial charge in [0.05, 0.1) is 36.4 Å². The second-order valence-corrected chi connectivity index (χ2v) is 8.10. The van der Waals surface area contributed by atoms with Crippen LogP contribution in [-0.4, -0.2) is 17.8 Å². The molecule has 4 aromatic rings. The Labute approximate surface area is 186 Å². The number of hydrogen-bond donors (Lipinski definition) is 1. The number of aliphatic hydroxyl groups is 1. The number of fused-ring (bicyclic) bond motifs is 1. The highest BCUT2D eigenvalue weighted by Crippen LogP contribution is 2.33. The van der Waals surface area contributed by atoms with Gasteiger partial charge in [0, 0.05) is 18.6 Å². The van der Waals surface area contributed by atoms with Crippen LogP contribution in [0.3, 0.4) is 0 Å². The minimum atomic E-state index is -0.309. The minimum Gasteiger partial charge on any atom is -0.489 e. The zero-order valence-corrected chi connectivity index (χ0v) is 17.5. The summed E-state index contributed by atoms with van der Waals surface area (Å²) in [6, 6.07) is 21.9. The largest absolute Gasteiger partial charge is 0.489 e. The molecule has 1 N–H and O–H groups in total. The van der Waals surface area contributed by atoms with Crippen molar-refractivity contribution in [2.24, 2.45) is 0 Å². The number of rotatable bonds is 5. The van der Waals surface area contributed by atoms with E-state index >= 15 is 0 Å². The molecule has 1 fully saturated rings. The van der Waals surface area contributed by atoms with Crippen molar-refractivity contribution in [1.82, 2.24) is 0 Å². The normalized spacial score (nSPS) is 18.4. The third-order valence-electron chi connectivity index (χ3n) is 5.87. The molecule has 160 valence electrons. The first-order valence-electron chi connectivity index (χ1n) is 10.7. The molecule has 3 aromatic carbocycles. The molecule has 5 nitrogen and oxygen atoms in total. The summed E-state index contributed by atoms with van der Waals surface area (Å²) in [5, 5.41) is 21.4. The van der Waals surface area contributed by atoms with E-state index in [0.29, 0.717) is 31.6 Å². The van der Waals surface area contributed by atoms with Crippen LogP contribution in [0, 0.1) is 11.3 Å². The Bertz CT molecular complexity index is 1270. The maximum Gasteiger partial charge on any atom is 0.120 e. The summed E-state index contributed by atoms with van der Waals surface area (Å²) in [4.78, 5) is 0. The molecule has 1 aromatic heterocycles. The molecule has 0 bridgehead atoms. The molecule has 2 unspecified atom stereocenters. The van der Waals surface area contributed by atoms with Gasteiger partial charge in [-0.2, -0.15) is 5.26 Å². The second-order valence-electron chi connectivity index (χ2n) is 8.10. The van der Waals surface area contributed by atoms with Crippen molar-refractivity contribution in [3.05, 3.63) is 89.9 Å². The van der Waals surface area contributed by atoms with Crippen LogP contribution < -0.4 is 4.74 Å². The number of benzene rings is 3. The summed E-state index contributed by atoms with van der Waals surface area (Å²) >= 11 is 0. The van der Waals surface area contributed by atoms with Crippen molar-refractivity contribution in [3.8, 4) is 22.9 Å². The standard InChI is InChI=1S/C27H23NO4/c28-15-19-11-22-13-24(4-5-25(22)26(12-19)21-6-8-30-17-21)32-16-18-2-1-3-20(10-18)27-14-23(29)7-9-31-27/h1-6,8,10-13,17,23,27,29H,7,9,14,16H2. The maximum absolute atomic E-state index is 9.94. The molecule has 0 aliphatic carbocycles. The third kappa shape index (κ3) is 4.24. The molecule has 2 heterocycles. The Balaban J connectivity index is 1.37. The van der Waals surface area contributed by atoms with Crippen molar-refractivity contribution in [2.75, 3.05) is 6.61 Å². The lowest BCUT2D eigenvalue weighted by molar-refractivity contribution is -0.0448. The lowest BCUT2D eigenvalue weighted by Gasteiger charge is -2.27. The van der Waals surface area contributed by atoms with E-state index in [4.69, 9.17) is 13.9 Å². The van der Waals surface area contributed by atoms with Gasteiger partial charge >= 0.3 is 0 Å². The van der Waals surface area contributed by atoms with E-state index in [2.05, 4.69) is 12.1 Å². The quantitative estimate of drug-likeness (QED) is 0.440. The molecule has 1 saturated heterocycles. The monoisotopic (exact) mass is 425 g/mol. The molecule has 5 heteroatoms. The molecule has 0 saturated carbocycles. The minimum absolute atomic E-state index is 0.0786. The fourth-order valence-corrected chi connectivity index (χ4v) is 4.22. The highest BCUT2D eigenvalue weighted by Gasteiger charge is 2.22. The van der Waals surface area contributed by atoms with Gasteiger partial charge in [-0.15, -0.1) is 0 Å². The molecule has 5 rings (SSSR count). The third-order valence-corrected chi connectivity index (χ3v) is 5.87. The van der Waals surface area contributed by atoms with Crippen molar-refractivity contribution in [1.29, 1.82) is 5.26 Å². The zero-order chi connectivity index (χ0) is 21.9. The summed E-state index contributed by atoms with van der Waals surface area (Å²) in [6.07, 6.45) is 4.24. The molecule has 32 heavy (non-hydrogen) atoms. The molecular weight excluding hydrogens is 402 g/mol. The van der Waals surface area contributed by atoms with Crippen LogP contribution in [0.5, 0.6) is 5.75 Å². The summed E-state index contributed by atoms with van der Waals surface area (Å²) < 4.78 is 17.1. The first kappa shape index (κ1) is 20.3. The van der Waals surface area contributed by atoms with E-state index in [9.17, 15) is 10.4 Å². The lowest BCUT2D eigenvalue weighted by atomic mass is 9.97. The van der Waals surface area contributed by atoms with E-state index in [1.807, 2.05) is 54.6 Å². The summed E-state index contributed by atoms with van der Waals surface area (Å²) in [5.41, 5.74) is 4.59. The van der Waals surface area contributed by atoms with E-state index in [1.165, 1.54) is 0 Å². The highest BCUT2D eigenvalue weighted by molar-refractivity contribution is 5.98. The lowest BCUT2D eigenvalue weighted by Crippen LogP contribution is -2.23. The van der Waals surface area contributed by atoms with Crippen molar-refractivity contribution in [3.63, 3.8) is 0 Å². The van der Waals surface area contributed by atoms with Crippen molar-refractivity contribution >= 4 is 10.8 Å². The van der Waals surface area contributed by atoms with Crippen LogP contribution in [0.2, 0.25) is 0 Å². The smallest absolute Gasteiger partial charge is 0.120 e. The van der Waals surface area contributed by atoms with Gasteiger partial charge in [0.15, 0.2) is 0 Å². The van der Waals surface area contributed by atoms with Gasteiger partial charge in [-0.1, -0.05) is 24.3 Å². The van der Waals surface area contributed by atoms with Gasteiger partial charge in [-0.25, -0.2) is 0 Å². The van der Waals surface area contributed by atoms with Crippen LogP contribution in [0.25, 0.3) is 21.9 Å². The SMILES string of the molecule is N#Cc1cc(-c2ccoc2)c2ccc(OCc3cccc(C4CC(O)CCO4)c3)cc2c1. The van der Waals surface area contributed by atoms with Gasteiger partial charge in [-0.05, 0) is 70.3 Å². The number of ether oxygens (including phenoxy) is 2. The van der Waals surface area contributed by atoms with Crippen molar-refractivity contribution in [2.45, 2.75) is 31.7 Å². The van der Waals surface area contributed by atoms with E-state index < -0.39 is 0 Å². The average Bonchev–Trinajstić information content (AvgIpc) is 3.37. The molecular formula is C27H23NO4. The Morgan fingerprint density at radius 2 is 2.03 bits per heavy atom. The van der Waals surface area contributed by atoms with Gasteiger partial charge < -0.3 is 19.0 Å². The number of nitrogens with zero attached hydrogens (tertiary/aromatic N) is 1. The molecule has 1 aliphatic rings. The number of aliphatic hydroxyl groups excluding tert-OH is 1. The van der Waals surface area contributed by atoms with Crippen molar-refractivity contribution < 1.29 is 19.0 Å². The van der Waals surface area contributed by atoms with E-state index in [-0.39, 0.29) is 12.2 Å². The first-order chi connectivity index (χ1) is 15.7. The summed E-state index contributed by atoms with van der Waals surface area (Å²) in [6.45, 7) is 0.996. The van der Waals surface area contributed by atoms with Gasteiger partial charge in [-0.3, -0.25) is 0 Å². The second kappa shape index (κ2) is 8.88. The molecule has 0 spiro atoms. The number of hydrogen-bond acceptors (Lipinski definition) is 5. The fraction of sp³-hybridized carbons (Fsp3) is 0.222.